The van der Waals surface area contributed by atoms with E-state index in [9.17, 15) is 4.79 Å². The van der Waals surface area contributed by atoms with Gasteiger partial charge in [0.15, 0.2) is 0 Å². The van der Waals surface area contributed by atoms with Crippen LogP contribution in [-0.2, 0) is 9.53 Å². The molecule has 0 rings (SSSR count). The molecule has 1 unspecified atom stereocenters. The minimum atomic E-state index is -0.234. The molecule has 0 aromatic carbocycles. The first-order valence-corrected chi connectivity index (χ1v) is 5.98. The summed E-state index contributed by atoms with van der Waals surface area (Å²) in [7, 11) is 6.62. The van der Waals surface area contributed by atoms with Gasteiger partial charge in [-0.3, -0.25) is 0 Å². The number of rotatable bonds is 7. The van der Waals surface area contributed by atoms with Crippen LogP contribution in [0.25, 0.3) is 0 Å². The smallest absolute Gasteiger partial charge is 0.330 e. The molecule has 0 aromatic heterocycles. The molecule has 3 heteroatoms. The first kappa shape index (κ1) is 15.2. The number of unbranched alkanes of at least 4 members (excludes halogenated alkanes) is 1. The van der Waals surface area contributed by atoms with Gasteiger partial charge in [0.25, 0.3) is 0 Å². The van der Waals surface area contributed by atoms with Crippen molar-refractivity contribution in [2.24, 2.45) is 0 Å². The molecule has 0 fully saturated rings. The molecule has 0 bridgehead atoms. The summed E-state index contributed by atoms with van der Waals surface area (Å²) in [4.78, 5) is 11.0. The van der Waals surface area contributed by atoms with Gasteiger partial charge in [0.05, 0.1) is 33.8 Å². The molecule has 0 amide bonds. The maximum atomic E-state index is 11.0. The second-order valence-electron chi connectivity index (χ2n) is 5.13. The first-order valence-electron chi connectivity index (χ1n) is 5.98. The lowest BCUT2D eigenvalue weighted by atomic mass is 10.1. The van der Waals surface area contributed by atoms with Crippen molar-refractivity contribution in [1.29, 1.82) is 0 Å². The van der Waals surface area contributed by atoms with Crippen molar-refractivity contribution in [3.63, 3.8) is 0 Å². The summed E-state index contributed by atoms with van der Waals surface area (Å²) in [6.07, 6.45) is 6.38. The number of nitrogens with zero attached hydrogens (tertiary/aromatic N) is 1. The highest BCUT2D eigenvalue weighted by Gasteiger charge is 2.16. The maximum Gasteiger partial charge on any atom is 0.330 e. The van der Waals surface area contributed by atoms with Crippen LogP contribution in [0.5, 0.6) is 0 Å². The summed E-state index contributed by atoms with van der Waals surface area (Å²) in [5, 5.41) is 0. The van der Waals surface area contributed by atoms with Crippen molar-refractivity contribution in [2.45, 2.75) is 39.2 Å². The highest BCUT2D eigenvalue weighted by Crippen LogP contribution is 2.10. The average molecular weight is 228 g/mol. The predicted molar refractivity (Wildman–Crippen MR) is 67.1 cm³/mol. The third kappa shape index (κ3) is 7.46. The lowest BCUT2D eigenvalue weighted by molar-refractivity contribution is -0.894. The van der Waals surface area contributed by atoms with Crippen molar-refractivity contribution in [3.05, 3.63) is 12.2 Å². The molecule has 0 aliphatic heterocycles. The van der Waals surface area contributed by atoms with Crippen LogP contribution in [0, 0.1) is 0 Å². The molecule has 1 atom stereocenters. The van der Waals surface area contributed by atoms with Gasteiger partial charge >= 0.3 is 5.97 Å². The third-order valence-corrected chi connectivity index (χ3v) is 2.89. The predicted octanol–water partition coefficient (Wildman–Crippen LogP) is 2.37. The summed E-state index contributed by atoms with van der Waals surface area (Å²) in [6, 6.07) is 0.645. The largest absolute Gasteiger partial charge is 0.463 e. The highest BCUT2D eigenvalue weighted by atomic mass is 16.5. The highest BCUT2D eigenvalue weighted by molar-refractivity contribution is 5.81. The van der Waals surface area contributed by atoms with Crippen LogP contribution >= 0.6 is 0 Å². The van der Waals surface area contributed by atoms with Crippen molar-refractivity contribution in [3.8, 4) is 0 Å². The molecule has 3 nitrogen and oxygen atoms in total. The molecule has 0 spiro atoms. The van der Waals surface area contributed by atoms with Crippen LogP contribution in [0.4, 0.5) is 0 Å². The fraction of sp³-hybridized carbons (Fsp3) is 0.769. The number of hydrogen-bond acceptors (Lipinski definition) is 2. The normalized spacial score (nSPS) is 14.1. The van der Waals surface area contributed by atoms with Gasteiger partial charge in [-0.15, -0.1) is 0 Å². The summed E-state index contributed by atoms with van der Waals surface area (Å²) >= 11 is 0. The van der Waals surface area contributed by atoms with Crippen LogP contribution < -0.4 is 0 Å². The molecule has 0 N–H and O–H groups in total. The molecule has 0 saturated heterocycles. The number of esters is 1. The molecule has 0 aliphatic carbocycles. The summed E-state index contributed by atoms with van der Waals surface area (Å²) in [5.74, 6) is -0.234. The van der Waals surface area contributed by atoms with Crippen LogP contribution in [0.3, 0.4) is 0 Å². The van der Waals surface area contributed by atoms with Gasteiger partial charge in [-0.1, -0.05) is 6.08 Å². The van der Waals surface area contributed by atoms with E-state index in [0.29, 0.717) is 12.6 Å². The molecule has 16 heavy (non-hydrogen) atoms. The van der Waals surface area contributed by atoms with Gasteiger partial charge in [-0.25, -0.2) is 4.79 Å². The van der Waals surface area contributed by atoms with Gasteiger partial charge in [-0.05, 0) is 33.1 Å². The molecule has 94 valence electrons. The van der Waals surface area contributed by atoms with Gasteiger partial charge < -0.3 is 9.22 Å². The number of ether oxygens (including phenoxy) is 1. The van der Waals surface area contributed by atoms with Gasteiger partial charge in [0, 0.05) is 6.08 Å². The number of allylic oxidation sites excluding steroid dienone is 1. The fourth-order valence-electron chi connectivity index (χ4n) is 1.29. The second kappa shape index (κ2) is 7.44. The second-order valence-corrected chi connectivity index (χ2v) is 5.13. The molecule has 0 aromatic rings. The van der Waals surface area contributed by atoms with E-state index in [-0.39, 0.29) is 5.97 Å². The Morgan fingerprint density at radius 3 is 2.44 bits per heavy atom. The van der Waals surface area contributed by atoms with Crippen LogP contribution in [-0.4, -0.2) is 44.2 Å². The lowest BCUT2D eigenvalue weighted by Crippen LogP contribution is -2.43. The molecule has 0 heterocycles. The SMILES string of the molecule is CC=CC(=O)OCCCCC(C)[N+](C)(C)C. The Labute approximate surface area is 99.7 Å². The Hall–Kier alpha value is -0.830. The van der Waals surface area contributed by atoms with E-state index in [1.54, 1.807) is 6.08 Å². The van der Waals surface area contributed by atoms with Crippen LogP contribution in [0.2, 0.25) is 0 Å². The van der Waals surface area contributed by atoms with Gasteiger partial charge in [0.2, 0.25) is 0 Å². The van der Waals surface area contributed by atoms with Crippen LogP contribution in [0.1, 0.15) is 33.1 Å². The topological polar surface area (TPSA) is 26.3 Å². The third-order valence-electron chi connectivity index (χ3n) is 2.89. The van der Waals surface area contributed by atoms with Gasteiger partial charge in [0.1, 0.15) is 0 Å². The Morgan fingerprint density at radius 1 is 1.31 bits per heavy atom. The van der Waals surface area contributed by atoms with E-state index < -0.39 is 0 Å². The van der Waals surface area contributed by atoms with E-state index in [1.807, 2.05) is 6.92 Å². The van der Waals surface area contributed by atoms with Crippen molar-refractivity contribution < 1.29 is 14.0 Å². The van der Waals surface area contributed by atoms with E-state index >= 15 is 0 Å². The molecular formula is C13H26NO2+. The number of carbonyl (C=O) groups excluding carboxylic acids is 1. The minimum absolute atomic E-state index is 0.234. The van der Waals surface area contributed by atoms with E-state index in [1.165, 1.54) is 12.5 Å². The van der Waals surface area contributed by atoms with Crippen molar-refractivity contribution in [2.75, 3.05) is 27.7 Å². The standard InChI is InChI=1S/C13H26NO2/c1-6-9-13(15)16-11-8-7-10-12(2)14(3,4)5/h6,9,12H,7-8,10-11H2,1-5H3/q+1. The summed E-state index contributed by atoms with van der Waals surface area (Å²) < 4.78 is 6.00. The summed E-state index contributed by atoms with van der Waals surface area (Å²) in [5.41, 5.74) is 0. The van der Waals surface area contributed by atoms with Gasteiger partial charge in [-0.2, -0.15) is 0 Å². The Morgan fingerprint density at radius 2 is 1.94 bits per heavy atom. The Balaban J connectivity index is 3.51. The monoisotopic (exact) mass is 228 g/mol. The molecule has 0 aliphatic rings. The minimum Gasteiger partial charge on any atom is -0.463 e. The van der Waals surface area contributed by atoms with Crippen LogP contribution in [0.15, 0.2) is 12.2 Å². The van der Waals surface area contributed by atoms with Crippen molar-refractivity contribution >= 4 is 5.97 Å². The molecule has 0 saturated carbocycles. The zero-order chi connectivity index (χ0) is 12.6. The van der Waals surface area contributed by atoms with E-state index in [0.717, 1.165) is 17.3 Å². The van der Waals surface area contributed by atoms with E-state index in [2.05, 4.69) is 28.1 Å². The number of carbonyl (C=O) groups is 1. The molecular weight excluding hydrogens is 202 g/mol. The quantitative estimate of drug-likeness (QED) is 0.289. The fourth-order valence-corrected chi connectivity index (χ4v) is 1.29. The first-order chi connectivity index (χ1) is 7.38. The Bertz CT molecular complexity index is 229. The van der Waals surface area contributed by atoms with E-state index in [4.69, 9.17) is 4.74 Å². The number of hydrogen-bond donors (Lipinski definition) is 0. The number of quaternary nitrogens is 1. The molecule has 0 radical (unpaired) electrons. The maximum absolute atomic E-state index is 11.0. The lowest BCUT2D eigenvalue weighted by Gasteiger charge is -2.31. The van der Waals surface area contributed by atoms with Crippen molar-refractivity contribution in [1.82, 2.24) is 0 Å². The Kier molecular flexibility index (Phi) is 7.06. The summed E-state index contributed by atoms with van der Waals surface area (Å²) in [6.45, 7) is 4.60. The zero-order valence-electron chi connectivity index (χ0n) is 11.3. The zero-order valence-corrected chi connectivity index (χ0v) is 11.3. The average Bonchev–Trinajstić information content (AvgIpc) is 2.16.